The Morgan fingerprint density at radius 2 is 1.64 bits per heavy atom. The molecule has 0 bridgehead atoms. The van der Waals surface area contributed by atoms with Gasteiger partial charge in [0.05, 0.1) is 11.4 Å². The average Bonchev–Trinajstić information content (AvgIpc) is 2.46. The molecular weight excluding hydrogens is 341 g/mol. The normalized spacial score (nSPS) is 11.5. The molecule has 0 saturated heterocycles. The second kappa shape index (κ2) is 7.23. The van der Waals surface area contributed by atoms with Crippen LogP contribution in [0.2, 0.25) is 15.1 Å². The predicted molar refractivity (Wildman–Crippen MR) is 98.1 cm³/mol. The first-order valence-electron chi connectivity index (χ1n) is 6.63. The molecule has 0 radical (unpaired) electrons. The van der Waals surface area contributed by atoms with Gasteiger partial charge >= 0.3 is 0 Å². The van der Waals surface area contributed by atoms with Crippen molar-refractivity contribution in [3.05, 3.63) is 57.0 Å². The molecule has 0 aromatic heterocycles. The van der Waals surface area contributed by atoms with Gasteiger partial charge in [-0.2, -0.15) is 5.10 Å². The highest BCUT2D eigenvalue weighted by atomic mass is 35.5. The van der Waals surface area contributed by atoms with Crippen LogP contribution in [0.1, 0.15) is 12.5 Å². The number of anilines is 2. The zero-order valence-electron chi connectivity index (χ0n) is 12.5. The molecule has 0 unspecified atom stereocenters. The molecule has 0 heterocycles. The van der Waals surface area contributed by atoms with E-state index < -0.39 is 0 Å². The lowest BCUT2D eigenvalue weighted by atomic mass is 10.1. The lowest BCUT2D eigenvalue weighted by Gasteiger charge is -2.17. The zero-order valence-corrected chi connectivity index (χ0v) is 14.8. The maximum Gasteiger partial charge on any atom is 0.0672 e. The maximum atomic E-state index is 6.08. The molecule has 0 fully saturated rings. The van der Waals surface area contributed by atoms with E-state index in [9.17, 15) is 0 Å². The molecule has 1 N–H and O–H groups in total. The molecule has 6 heteroatoms. The predicted octanol–water partition coefficient (Wildman–Crippen LogP) is 5.55. The summed E-state index contributed by atoms with van der Waals surface area (Å²) in [4.78, 5) is 0. The van der Waals surface area contributed by atoms with E-state index in [2.05, 4.69) is 10.4 Å². The summed E-state index contributed by atoms with van der Waals surface area (Å²) in [6, 6.07) is 10.9. The van der Waals surface area contributed by atoms with E-state index in [1.165, 1.54) is 0 Å². The molecule has 0 saturated carbocycles. The molecule has 2 aromatic rings. The zero-order chi connectivity index (χ0) is 16.3. The summed E-state index contributed by atoms with van der Waals surface area (Å²) in [6.07, 6.45) is 0. The Labute approximate surface area is 145 Å². The van der Waals surface area contributed by atoms with Gasteiger partial charge < -0.3 is 5.32 Å². The van der Waals surface area contributed by atoms with Gasteiger partial charge in [-0.15, -0.1) is 0 Å². The Morgan fingerprint density at radius 1 is 1.00 bits per heavy atom. The van der Waals surface area contributed by atoms with Gasteiger partial charge in [-0.1, -0.05) is 34.8 Å². The highest BCUT2D eigenvalue weighted by molar-refractivity contribution is 6.35. The number of rotatable bonds is 4. The van der Waals surface area contributed by atoms with Gasteiger partial charge in [0.25, 0.3) is 0 Å². The highest BCUT2D eigenvalue weighted by Gasteiger charge is 2.08. The van der Waals surface area contributed by atoms with Gasteiger partial charge in [0, 0.05) is 40.4 Å². The van der Waals surface area contributed by atoms with Crippen molar-refractivity contribution < 1.29 is 0 Å². The van der Waals surface area contributed by atoms with Crippen LogP contribution < -0.4 is 10.3 Å². The number of hydrazone groups is 1. The van der Waals surface area contributed by atoms with Crippen molar-refractivity contribution in [3.63, 3.8) is 0 Å². The van der Waals surface area contributed by atoms with Crippen molar-refractivity contribution >= 4 is 51.9 Å². The van der Waals surface area contributed by atoms with E-state index in [1.54, 1.807) is 23.2 Å². The summed E-state index contributed by atoms with van der Waals surface area (Å²) in [6.45, 7) is 1.93. The summed E-state index contributed by atoms with van der Waals surface area (Å²) in [5.41, 5.74) is 3.54. The monoisotopic (exact) mass is 355 g/mol. The molecule has 0 aliphatic heterocycles. The Morgan fingerprint density at radius 3 is 2.23 bits per heavy atom. The SMILES string of the molecule is CNc1ccc(Cl)cc1/C(C)=N\N(C)c1cc(Cl)cc(Cl)c1. The van der Waals surface area contributed by atoms with Crippen LogP contribution in [-0.4, -0.2) is 19.8 Å². The summed E-state index contributed by atoms with van der Waals surface area (Å²) >= 11 is 18.1. The van der Waals surface area contributed by atoms with Gasteiger partial charge in [0.2, 0.25) is 0 Å². The van der Waals surface area contributed by atoms with Crippen LogP contribution in [0, 0.1) is 0 Å². The number of halogens is 3. The number of hydrogen-bond acceptors (Lipinski definition) is 3. The minimum atomic E-state index is 0.570. The van der Waals surface area contributed by atoms with E-state index in [0.29, 0.717) is 15.1 Å². The highest BCUT2D eigenvalue weighted by Crippen LogP contribution is 2.26. The maximum absolute atomic E-state index is 6.08. The van der Waals surface area contributed by atoms with Gasteiger partial charge in [0.15, 0.2) is 0 Å². The van der Waals surface area contributed by atoms with Gasteiger partial charge in [-0.05, 0) is 43.3 Å². The van der Waals surface area contributed by atoms with E-state index in [-0.39, 0.29) is 0 Å². The van der Waals surface area contributed by atoms with Gasteiger partial charge in [-0.3, -0.25) is 5.01 Å². The molecular formula is C16H16Cl3N3. The Kier molecular flexibility index (Phi) is 5.57. The molecule has 0 aliphatic rings. The molecule has 2 aromatic carbocycles. The summed E-state index contributed by atoms with van der Waals surface area (Å²) in [7, 11) is 3.70. The first-order valence-corrected chi connectivity index (χ1v) is 7.77. The minimum Gasteiger partial charge on any atom is -0.388 e. The molecule has 116 valence electrons. The van der Waals surface area contributed by atoms with Crippen LogP contribution in [0.4, 0.5) is 11.4 Å². The van der Waals surface area contributed by atoms with Crippen LogP contribution in [0.25, 0.3) is 0 Å². The third-order valence-electron chi connectivity index (χ3n) is 3.16. The Hall–Kier alpha value is -1.42. The van der Waals surface area contributed by atoms with Crippen molar-refractivity contribution in [2.45, 2.75) is 6.92 Å². The number of nitrogens with zero attached hydrogens (tertiary/aromatic N) is 2. The summed E-state index contributed by atoms with van der Waals surface area (Å²) in [5.74, 6) is 0. The molecule has 0 atom stereocenters. The Balaban J connectivity index is 2.37. The molecule has 2 rings (SSSR count). The fourth-order valence-electron chi connectivity index (χ4n) is 2.10. The quantitative estimate of drug-likeness (QED) is 0.574. The lowest BCUT2D eigenvalue weighted by Crippen LogP contribution is -2.13. The molecule has 0 aliphatic carbocycles. The van der Waals surface area contributed by atoms with Gasteiger partial charge in [0.1, 0.15) is 0 Å². The largest absolute Gasteiger partial charge is 0.388 e. The lowest BCUT2D eigenvalue weighted by molar-refractivity contribution is 1.01. The number of hydrogen-bond donors (Lipinski definition) is 1. The summed E-state index contributed by atoms with van der Waals surface area (Å²) in [5, 5.41) is 11.3. The molecule has 0 amide bonds. The third-order valence-corrected chi connectivity index (χ3v) is 3.83. The summed E-state index contributed by atoms with van der Waals surface area (Å²) < 4.78 is 0. The third kappa shape index (κ3) is 4.07. The topological polar surface area (TPSA) is 27.6 Å². The average molecular weight is 357 g/mol. The van der Waals surface area contributed by atoms with E-state index in [0.717, 1.165) is 22.6 Å². The number of nitrogens with one attached hydrogen (secondary N) is 1. The molecule has 22 heavy (non-hydrogen) atoms. The van der Waals surface area contributed by atoms with Crippen LogP contribution in [0.3, 0.4) is 0 Å². The Bertz CT molecular complexity index is 694. The molecule has 0 spiro atoms. The fourth-order valence-corrected chi connectivity index (χ4v) is 2.78. The van der Waals surface area contributed by atoms with Crippen LogP contribution in [0.15, 0.2) is 41.5 Å². The second-order valence-electron chi connectivity index (χ2n) is 4.78. The fraction of sp³-hybridized carbons (Fsp3) is 0.188. The van der Waals surface area contributed by atoms with Crippen molar-refractivity contribution in [1.82, 2.24) is 0 Å². The van der Waals surface area contributed by atoms with Crippen LogP contribution >= 0.6 is 34.8 Å². The van der Waals surface area contributed by atoms with Crippen molar-refractivity contribution in [2.24, 2.45) is 5.10 Å². The minimum absolute atomic E-state index is 0.570. The first kappa shape index (κ1) is 16.9. The van der Waals surface area contributed by atoms with Crippen molar-refractivity contribution in [1.29, 1.82) is 0 Å². The van der Waals surface area contributed by atoms with Crippen molar-refractivity contribution in [2.75, 3.05) is 24.4 Å². The van der Waals surface area contributed by atoms with Crippen LogP contribution in [-0.2, 0) is 0 Å². The van der Waals surface area contributed by atoms with Crippen molar-refractivity contribution in [3.8, 4) is 0 Å². The van der Waals surface area contributed by atoms with Gasteiger partial charge in [-0.25, -0.2) is 0 Å². The first-order chi connectivity index (χ1) is 10.4. The molecule has 3 nitrogen and oxygen atoms in total. The van der Waals surface area contributed by atoms with E-state index >= 15 is 0 Å². The van der Waals surface area contributed by atoms with E-state index in [1.807, 2.05) is 39.2 Å². The smallest absolute Gasteiger partial charge is 0.0672 e. The standard InChI is InChI=1S/C16H16Cl3N3/c1-10(15-9-11(17)4-5-16(15)20-2)21-22(3)14-7-12(18)6-13(19)8-14/h4-9,20H,1-3H3/b21-10-. The van der Waals surface area contributed by atoms with Crippen LogP contribution in [0.5, 0.6) is 0 Å². The number of benzene rings is 2. The van der Waals surface area contributed by atoms with E-state index in [4.69, 9.17) is 34.8 Å². The second-order valence-corrected chi connectivity index (χ2v) is 6.09.